The summed E-state index contributed by atoms with van der Waals surface area (Å²) < 4.78 is 0. The predicted molar refractivity (Wildman–Crippen MR) is 106 cm³/mol. The molecule has 1 N–H and O–H groups in total. The summed E-state index contributed by atoms with van der Waals surface area (Å²) in [5.74, 6) is 1.01. The molecule has 1 saturated carbocycles. The number of anilines is 1. The van der Waals surface area contributed by atoms with Gasteiger partial charge in [0.25, 0.3) is 0 Å². The molecular formula is C21H24N6O. The van der Waals surface area contributed by atoms with Crippen molar-refractivity contribution in [1.29, 1.82) is 5.26 Å². The molecule has 7 heteroatoms. The van der Waals surface area contributed by atoms with Crippen molar-refractivity contribution < 1.29 is 4.79 Å². The molecule has 2 heterocycles. The summed E-state index contributed by atoms with van der Waals surface area (Å²) in [6.07, 6.45) is 4.12. The highest BCUT2D eigenvalue weighted by atomic mass is 16.2. The number of aromatic nitrogens is 2. The van der Waals surface area contributed by atoms with E-state index in [1.54, 1.807) is 6.20 Å². The first-order valence-electron chi connectivity index (χ1n) is 9.67. The smallest absolute Gasteiger partial charge is 0.317 e. The highest BCUT2D eigenvalue weighted by molar-refractivity contribution is 5.76. The maximum atomic E-state index is 12.8. The fourth-order valence-electron chi connectivity index (χ4n) is 4.04. The van der Waals surface area contributed by atoms with E-state index in [0.717, 1.165) is 6.42 Å². The monoisotopic (exact) mass is 376 g/mol. The van der Waals surface area contributed by atoms with E-state index in [1.807, 2.05) is 22.8 Å². The third kappa shape index (κ3) is 3.50. The molecule has 0 spiro atoms. The first-order chi connectivity index (χ1) is 13.6. The van der Waals surface area contributed by atoms with Crippen LogP contribution in [0, 0.1) is 18.3 Å². The first kappa shape index (κ1) is 18.2. The van der Waals surface area contributed by atoms with Crippen molar-refractivity contribution in [1.82, 2.24) is 20.2 Å². The van der Waals surface area contributed by atoms with Crippen molar-refractivity contribution >= 4 is 11.8 Å². The Balaban J connectivity index is 1.36. The molecule has 1 aromatic carbocycles. The molecule has 1 aromatic heterocycles. The van der Waals surface area contributed by atoms with Gasteiger partial charge in [-0.3, -0.25) is 0 Å². The lowest BCUT2D eigenvalue weighted by Crippen LogP contribution is -2.57. The average Bonchev–Trinajstić information content (AvgIpc) is 3.46. The van der Waals surface area contributed by atoms with Gasteiger partial charge in [-0.15, -0.1) is 0 Å². The van der Waals surface area contributed by atoms with E-state index in [-0.39, 0.29) is 18.1 Å². The lowest BCUT2D eigenvalue weighted by atomic mass is 10.0. The second kappa shape index (κ2) is 7.47. The van der Waals surface area contributed by atoms with Crippen LogP contribution < -0.4 is 10.2 Å². The zero-order chi connectivity index (χ0) is 19.7. The van der Waals surface area contributed by atoms with Crippen molar-refractivity contribution in [3.05, 3.63) is 53.5 Å². The Morgan fingerprint density at radius 3 is 2.79 bits per heavy atom. The minimum absolute atomic E-state index is 0.00659. The molecule has 0 radical (unpaired) electrons. The van der Waals surface area contributed by atoms with Gasteiger partial charge < -0.3 is 15.1 Å². The van der Waals surface area contributed by atoms with Crippen molar-refractivity contribution in [2.45, 2.75) is 38.3 Å². The molecule has 1 aliphatic carbocycles. The van der Waals surface area contributed by atoms with Crippen LogP contribution in [0.25, 0.3) is 0 Å². The van der Waals surface area contributed by atoms with Gasteiger partial charge >= 0.3 is 6.03 Å². The number of urea groups is 1. The molecular weight excluding hydrogens is 352 g/mol. The van der Waals surface area contributed by atoms with Crippen LogP contribution in [-0.4, -0.2) is 52.6 Å². The Hall–Kier alpha value is -3.14. The van der Waals surface area contributed by atoms with Crippen LogP contribution in [0.3, 0.4) is 0 Å². The van der Waals surface area contributed by atoms with E-state index >= 15 is 0 Å². The summed E-state index contributed by atoms with van der Waals surface area (Å²) in [5.41, 5.74) is 2.94. The second-order valence-corrected chi connectivity index (χ2v) is 7.58. The highest BCUT2D eigenvalue weighted by Crippen LogP contribution is 2.42. The van der Waals surface area contributed by atoms with E-state index in [2.05, 4.69) is 46.5 Å². The zero-order valence-electron chi connectivity index (χ0n) is 16.2. The predicted octanol–water partition coefficient (Wildman–Crippen LogP) is 2.43. The molecule has 2 aromatic rings. The van der Waals surface area contributed by atoms with E-state index in [0.29, 0.717) is 37.1 Å². The first-order valence-corrected chi connectivity index (χ1v) is 9.67. The number of amides is 2. The van der Waals surface area contributed by atoms with Gasteiger partial charge in [0.1, 0.15) is 6.07 Å². The summed E-state index contributed by atoms with van der Waals surface area (Å²) in [6.45, 7) is 6.01. The van der Waals surface area contributed by atoms with Crippen LogP contribution in [0.4, 0.5) is 10.6 Å². The molecule has 4 rings (SSSR count). The largest absolute Gasteiger partial charge is 0.350 e. The molecule has 2 amide bonds. The third-order valence-electron chi connectivity index (χ3n) is 5.66. The molecule has 0 bridgehead atoms. The Labute approximate surface area is 165 Å². The lowest BCUT2D eigenvalue weighted by Gasteiger charge is -2.40. The van der Waals surface area contributed by atoms with Crippen LogP contribution in [0.5, 0.6) is 0 Å². The van der Waals surface area contributed by atoms with Crippen molar-refractivity contribution in [2.24, 2.45) is 0 Å². The SMILES string of the molecule is Cc1ccccc1[C@@H]1C[C@@H]1NC(=O)N1CCN(c2nccnc2C#N)C[C@@H]1C. The molecule has 1 aliphatic heterocycles. The molecule has 0 unspecified atom stereocenters. The number of nitrogens with one attached hydrogen (secondary N) is 1. The second-order valence-electron chi connectivity index (χ2n) is 7.58. The number of carbonyl (C=O) groups is 1. The summed E-state index contributed by atoms with van der Waals surface area (Å²) in [6, 6.07) is 10.7. The molecule has 3 atom stereocenters. The Bertz CT molecular complexity index is 923. The summed E-state index contributed by atoms with van der Waals surface area (Å²) in [7, 11) is 0. The van der Waals surface area contributed by atoms with Gasteiger partial charge in [-0.25, -0.2) is 14.8 Å². The number of nitrogens with zero attached hydrogens (tertiary/aromatic N) is 5. The van der Waals surface area contributed by atoms with Gasteiger partial charge in [0.2, 0.25) is 0 Å². The van der Waals surface area contributed by atoms with Crippen LogP contribution in [0.15, 0.2) is 36.7 Å². The zero-order valence-corrected chi connectivity index (χ0v) is 16.2. The number of hydrogen-bond donors (Lipinski definition) is 1. The van der Waals surface area contributed by atoms with Gasteiger partial charge in [0, 0.05) is 50.0 Å². The number of benzene rings is 1. The molecule has 144 valence electrons. The number of aryl methyl sites for hydroxylation is 1. The Morgan fingerprint density at radius 1 is 1.25 bits per heavy atom. The Kier molecular flexibility index (Phi) is 4.86. The average molecular weight is 376 g/mol. The quantitative estimate of drug-likeness (QED) is 0.889. The van der Waals surface area contributed by atoms with Crippen LogP contribution in [0.1, 0.15) is 36.1 Å². The standard InChI is InChI=1S/C21H24N6O/c1-14-5-3-4-6-16(14)17-11-18(17)25-21(28)27-10-9-26(13-15(27)2)20-19(12-22)23-7-8-24-20/h3-8,15,17-18H,9-11,13H2,1-2H3,(H,25,28)/t15-,17-,18-/m0/s1. The van der Waals surface area contributed by atoms with Crippen molar-refractivity contribution in [3.8, 4) is 6.07 Å². The van der Waals surface area contributed by atoms with Crippen molar-refractivity contribution in [2.75, 3.05) is 24.5 Å². The van der Waals surface area contributed by atoms with E-state index in [4.69, 9.17) is 0 Å². The summed E-state index contributed by atoms with van der Waals surface area (Å²) in [4.78, 5) is 25.1. The fraction of sp³-hybridized carbons (Fsp3) is 0.429. The van der Waals surface area contributed by atoms with Gasteiger partial charge in [-0.2, -0.15) is 5.26 Å². The van der Waals surface area contributed by atoms with E-state index in [1.165, 1.54) is 17.3 Å². The maximum Gasteiger partial charge on any atom is 0.317 e. The fourth-order valence-corrected chi connectivity index (χ4v) is 4.04. The normalized spacial score (nSPS) is 23.8. The van der Waals surface area contributed by atoms with Gasteiger partial charge in [-0.05, 0) is 31.4 Å². The minimum Gasteiger partial charge on any atom is -0.350 e. The number of hydrogen-bond acceptors (Lipinski definition) is 5. The molecule has 1 saturated heterocycles. The summed E-state index contributed by atoms with van der Waals surface area (Å²) in [5, 5.41) is 12.4. The van der Waals surface area contributed by atoms with Gasteiger partial charge in [-0.1, -0.05) is 24.3 Å². The van der Waals surface area contributed by atoms with Gasteiger partial charge in [0.05, 0.1) is 0 Å². The molecule has 2 fully saturated rings. The number of nitriles is 1. The maximum absolute atomic E-state index is 12.8. The highest BCUT2D eigenvalue weighted by Gasteiger charge is 2.41. The van der Waals surface area contributed by atoms with E-state index in [9.17, 15) is 10.1 Å². The lowest BCUT2D eigenvalue weighted by molar-refractivity contribution is 0.170. The number of rotatable bonds is 3. The van der Waals surface area contributed by atoms with E-state index < -0.39 is 0 Å². The molecule has 28 heavy (non-hydrogen) atoms. The van der Waals surface area contributed by atoms with Crippen LogP contribution in [-0.2, 0) is 0 Å². The minimum atomic E-state index is -0.00659. The van der Waals surface area contributed by atoms with Gasteiger partial charge in [0.15, 0.2) is 11.5 Å². The molecule has 2 aliphatic rings. The summed E-state index contributed by atoms with van der Waals surface area (Å²) >= 11 is 0. The molecule has 7 nitrogen and oxygen atoms in total. The Morgan fingerprint density at radius 2 is 2.04 bits per heavy atom. The third-order valence-corrected chi connectivity index (χ3v) is 5.66. The topological polar surface area (TPSA) is 85.2 Å². The number of carbonyl (C=O) groups excluding carboxylic acids is 1. The van der Waals surface area contributed by atoms with Crippen LogP contribution >= 0.6 is 0 Å². The van der Waals surface area contributed by atoms with Crippen LogP contribution in [0.2, 0.25) is 0 Å². The number of piperazine rings is 1. The van der Waals surface area contributed by atoms with Crippen molar-refractivity contribution in [3.63, 3.8) is 0 Å².